The van der Waals surface area contributed by atoms with Crippen LogP contribution in [0.25, 0.3) is 0 Å². The van der Waals surface area contributed by atoms with Crippen molar-refractivity contribution >= 4 is 11.9 Å². The molecule has 1 N–H and O–H groups in total. The Balaban J connectivity index is 1.63. The lowest BCUT2D eigenvalue weighted by molar-refractivity contribution is 0.0733. The quantitative estimate of drug-likeness (QED) is 0.631. The first-order valence-corrected chi connectivity index (χ1v) is 9.40. The first-order valence-electron chi connectivity index (χ1n) is 9.40. The average molecular weight is 366 g/mol. The molecule has 3 rings (SSSR count). The summed E-state index contributed by atoms with van der Waals surface area (Å²) in [6.07, 6.45) is 4.22. The molecule has 0 unspecified atom stereocenters. The molecule has 0 radical (unpaired) electrons. The largest absolute Gasteiger partial charge is 0.423 e. The molecule has 27 heavy (non-hydrogen) atoms. The number of carbonyl (C=O) groups is 2. The Bertz CT molecular complexity index is 813. The molecule has 0 aliphatic heterocycles. The number of aryl methyl sites for hydroxylation is 1. The summed E-state index contributed by atoms with van der Waals surface area (Å²) in [5, 5.41) is 2.86. The van der Waals surface area contributed by atoms with Gasteiger partial charge < -0.3 is 15.0 Å². The van der Waals surface area contributed by atoms with Crippen LogP contribution in [0.5, 0.6) is 5.75 Å². The van der Waals surface area contributed by atoms with Crippen molar-refractivity contribution in [1.82, 2.24) is 10.2 Å². The van der Waals surface area contributed by atoms with Gasteiger partial charge in [0.15, 0.2) is 0 Å². The minimum atomic E-state index is -0.336. The number of hydrogen-bond acceptors (Lipinski definition) is 4. The third kappa shape index (κ3) is 4.95. The van der Waals surface area contributed by atoms with Crippen molar-refractivity contribution in [2.45, 2.75) is 25.7 Å². The van der Waals surface area contributed by atoms with E-state index in [0.29, 0.717) is 23.4 Å². The molecular weight excluding hydrogens is 340 g/mol. The van der Waals surface area contributed by atoms with Gasteiger partial charge in [0.1, 0.15) is 5.75 Å². The summed E-state index contributed by atoms with van der Waals surface area (Å²) >= 11 is 0. The summed E-state index contributed by atoms with van der Waals surface area (Å²) in [6, 6.07) is 12.5. The smallest absolute Gasteiger partial charge is 0.343 e. The number of esters is 1. The molecule has 0 fully saturated rings. The maximum atomic E-state index is 12.6. The van der Waals surface area contributed by atoms with Crippen LogP contribution in [-0.4, -0.2) is 44.0 Å². The average Bonchev–Trinajstić information content (AvgIpc) is 2.67. The number of rotatable bonds is 6. The molecule has 5 heteroatoms. The molecule has 142 valence electrons. The van der Waals surface area contributed by atoms with E-state index in [4.69, 9.17) is 4.74 Å². The van der Waals surface area contributed by atoms with Crippen molar-refractivity contribution in [2.24, 2.45) is 0 Å². The van der Waals surface area contributed by atoms with Crippen molar-refractivity contribution in [1.29, 1.82) is 0 Å². The highest BCUT2D eigenvalue weighted by atomic mass is 16.5. The van der Waals surface area contributed by atoms with Gasteiger partial charge in [0, 0.05) is 18.7 Å². The second-order valence-corrected chi connectivity index (χ2v) is 7.12. The molecule has 0 saturated carbocycles. The van der Waals surface area contributed by atoms with Crippen LogP contribution in [-0.2, 0) is 12.8 Å². The SMILES string of the molecule is CN(C)CCNC(=O)c1ccc(OC(=O)c2cccc3c2CCCC3)cc1. The van der Waals surface area contributed by atoms with E-state index in [0.717, 1.165) is 31.4 Å². The molecule has 2 aromatic carbocycles. The Hall–Kier alpha value is -2.66. The first-order chi connectivity index (χ1) is 13.0. The van der Waals surface area contributed by atoms with Crippen LogP contribution in [0.15, 0.2) is 42.5 Å². The highest BCUT2D eigenvalue weighted by molar-refractivity contribution is 5.95. The highest BCUT2D eigenvalue weighted by Gasteiger charge is 2.19. The summed E-state index contributed by atoms with van der Waals surface area (Å²) < 4.78 is 5.54. The van der Waals surface area contributed by atoms with Gasteiger partial charge in [-0.15, -0.1) is 0 Å². The van der Waals surface area contributed by atoms with Crippen molar-refractivity contribution in [3.8, 4) is 5.75 Å². The second kappa shape index (κ2) is 8.82. The summed E-state index contributed by atoms with van der Waals surface area (Å²) in [5.74, 6) is -0.0259. The number of ether oxygens (including phenoxy) is 1. The number of benzene rings is 2. The van der Waals surface area contributed by atoms with Crippen LogP contribution in [0.1, 0.15) is 44.7 Å². The number of nitrogens with zero attached hydrogens (tertiary/aromatic N) is 1. The summed E-state index contributed by atoms with van der Waals surface area (Å²) in [7, 11) is 3.92. The van der Waals surface area contributed by atoms with E-state index in [1.807, 2.05) is 31.1 Å². The fourth-order valence-electron chi connectivity index (χ4n) is 3.30. The number of carbonyl (C=O) groups excluding carboxylic acids is 2. The fourth-order valence-corrected chi connectivity index (χ4v) is 3.30. The van der Waals surface area contributed by atoms with Crippen LogP contribution in [0.4, 0.5) is 0 Å². The van der Waals surface area contributed by atoms with Crippen molar-refractivity contribution in [3.63, 3.8) is 0 Å². The van der Waals surface area contributed by atoms with Gasteiger partial charge in [-0.3, -0.25) is 4.79 Å². The molecule has 1 aliphatic carbocycles. The summed E-state index contributed by atoms with van der Waals surface area (Å²) in [4.78, 5) is 26.7. The standard InChI is InChI=1S/C22H26N2O3/c1-24(2)15-14-23-21(25)17-10-12-18(13-11-17)27-22(26)20-9-5-7-16-6-3-4-8-19(16)20/h5,7,9-13H,3-4,6,8,14-15H2,1-2H3,(H,23,25). The van der Waals surface area contributed by atoms with E-state index >= 15 is 0 Å². The minimum Gasteiger partial charge on any atom is -0.423 e. The Morgan fingerprint density at radius 1 is 1.04 bits per heavy atom. The first kappa shape index (κ1) is 19.1. The van der Waals surface area contributed by atoms with E-state index in [1.54, 1.807) is 24.3 Å². The molecule has 1 amide bonds. The van der Waals surface area contributed by atoms with E-state index in [2.05, 4.69) is 11.4 Å². The van der Waals surface area contributed by atoms with Crippen LogP contribution in [0, 0.1) is 0 Å². The molecule has 1 aliphatic rings. The number of amides is 1. The molecule has 0 aromatic heterocycles. The maximum Gasteiger partial charge on any atom is 0.343 e. The van der Waals surface area contributed by atoms with Crippen molar-refractivity contribution < 1.29 is 14.3 Å². The maximum absolute atomic E-state index is 12.6. The molecule has 0 bridgehead atoms. The van der Waals surface area contributed by atoms with Crippen LogP contribution in [0.2, 0.25) is 0 Å². The van der Waals surface area contributed by atoms with Gasteiger partial charge in [0.2, 0.25) is 0 Å². The molecule has 0 heterocycles. The molecule has 0 atom stereocenters. The zero-order valence-electron chi connectivity index (χ0n) is 16.0. The second-order valence-electron chi connectivity index (χ2n) is 7.12. The highest BCUT2D eigenvalue weighted by Crippen LogP contribution is 2.25. The minimum absolute atomic E-state index is 0.133. The number of nitrogens with one attached hydrogen (secondary N) is 1. The molecule has 2 aromatic rings. The van der Waals surface area contributed by atoms with E-state index < -0.39 is 0 Å². The lowest BCUT2D eigenvalue weighted by Gasteiger charge is -2.18. The zero-order chi connectivity index (χ0) is 19.2. The number of hydrogen-bond donors (Lipinski definition) is 1. The topological polar surface area (TPSA) is 58.6 Å². The Morgan fingerprint density at radius 3 is 2.52 bits per heavy atom. The van der Waals surface area contributed by atoms with Crippen LogP contribution >= 0.6 is 0 Å². The Morgan fingerprint density at radius 2 is 1.78 bits per heavy atom. The van der Waals surface area contributed by atoms with Gasteiger partial charge in [-0.25, -0.2) is 4.79 Å². The van der Waals surface area contributed by atoms with Gasteiger partial charge in [0.05, 0.1) is 5.56 Å². The van der Waals surface area contributed by atoms with Gasteiger partial charge in [-0.05, 0) is 81.2 Å². The van der Waals surface area contributed by atoms with Crippen molar-refractivity contribution in [2.75, 3.05) is 27.2 Å². The van der Waals surface area contributed by atoms with E-state index in [-0.39, 0.29) is 11.9 Å². The van der Waals surface area contributed by atoms with Gasteiger partial charge in [-0.2, -0.15) is 0 Å². The Labute approximate surface area is 160 Å². The van der Waals surface area contributed by atoms with Gasteiger partial charge in [-0.1, -0.05) is 12.1 Å². The third-order valence-electron chi connectivity index (χ3n) is 4.79. The molecule has 0 saturated heterocycles. The lowest BCUT2D eigenvalue weighted by Crippen LogP contribution is -2.31. The number of fused-ring (bicyclic) bond motifs is 1. The predicted octanol–water partition coefficient (Wildman–Crippen LogP) is 3.08. The fraction of sp³-hybridized carbons (Fsp3) is 0.364. The number of likely N-dealkylation sites (N-methyl/N-ethyl adjacent to an activating group) is 1. The normalized spacial score (nSPS) is 13.1. The predicted molar refractivity (Wildman–Crippen MR) is 105 cm³/mol. The molecular formula is C22H26N2O3. The summed E-state index contributed by atoms with van der Waals surface area (Å²) in [5.41, 5.74) is 3.56. The monoisotopic (exact) mass is 366 g/mol. The van der Waals surface area contributed by atoms with E-state index in [9.17, 15) is 9.59 Å². The lowest BCUT2D eigenvalue weighted by atomic mass is 9.88. The van der Waals surface area contributed by atoms with Crippen LogP contribution in [0.3, 0.4) is 0 Å². The van der Waals surface area contributed by atoms with Gasteiger partial charge in [0.25, 0.3) is 5.91 Å². The molecule has 5 nitrogen and oxygen atoms in total. The molecule has 0 spiro atoms. The zero-order valence-corrected chi connectivity index (χ0v) is 16.0. The van der Waals surface area contributed by atoms with E-state index in [1.165, 1.54) is 12.0 Å². The van der Waals surface area contributed by atoms with Crippen molar-refractivity contribution in [3.05, 3.63) is 64.7 Å². The third-order valence-corrected chi connectivity index (χ3v) is 4.79. The van der Waals surface area contributed by atoms with Gasteiger partial charge >= 0.3 is 5.97 Å². The Kier molecular flexibility index (Phi) is 6.24. The summed E-state index contributed by atoms with van der Waals surface area (Å²) in [6.45, 7) is 1.37. The van der Waals surface area contributed by atoms with Crippen LogP contribution < -0.4 is 10.1 Å².